The first-order valence-electron chi connectivity index (χ1n) is 7.50. The zero-order valence-corrected chi connectivity index (χ0v) is 15.5. The van der Waals surface area contributed by atoms with Crippen LogP contribution in [0.25, 0.3) is 21.5 Å². The normalized spacial score (nSPS) is 10.3. The molecule has 0 unspecified atom stereocenters. The van der Waals surface area contributed by atoms with Gasteiger partial charge in [-0.05, 0) is 5.92 Å². The summed E-state index contributed by atoms with van der Waals surface area (Å²) in [6.07, 6.45) is 0. The van der Waals surface area contributed by atoms with Crippen molar-refractivity contribution in [3.05, 3.63) is 84.4 Å². The number of rotatable bonds is 1. The van der Waals surface area contributed by atoms with E-state index in [-0.39, 0.29) is 26.2 Å². The van der Waals surface area contributed by atoms with Crippen LogP contribution in [0.3, 0.4) is 0 Å². The molecule has 22 heavy (non-hydrogen) atoms. The van der Waals surface area contributed by atoms with Gasteiger partial charge in [0.25, 0.3) is 0 Å². The van der Waals surface area contributed by atoms with Crippen LogP contribution in [0.15, 0.2) is 78.9 Å². The molecule has 0 amide bonds. The van der Waals surface area contributed by atoms with Gasteiger partial charge in [-0.2, -0.15) is 23.6 Å². The van der Waals surface area contributed by atoms with E-state index in [0.717, 1.165) is 0 Å². The summed E-state index contributed by atoms with van der Waals surface area (Å²) in [4.78, 5) is 0. The Morgan fingerprint density at radius 2 is 1.41 bits per heavy atom. The molecule has 1 heteroatoms. The van der Waals surface area contributed by atoms with Gasteiger partial charge in [-0.15, -0.1) is 70.3 Å². The molecule has 0 aliphatic heterocycles. The van der Waals surface area contributed by atoms with Gasteiger partial charge in [-0.25, -0.2) is 0 Å². The van der Waals surface area contributed by atoms with Gasteiger partial charge >= 0.3 is 26.2 Å². The van der Waals surface area contributed by atoms with E-state index < -0.39 is 0 Å². The Morgan fingerprint density at radius 3 is 2.05 bits per heavy atom. The molecule has 0 radical (unpaired) electrons. The Morgan fingerprint density at radius 1 is 0.773 bits per heavy atom. The summed E-state index contributed by atoms with van der Waals surface area (Å²) in [7, 11) is 0. The molecule has 0 heterocycles. The second-order valence-corrected chi connectivity index (χ2v) is 5.73. The third kappa shape index (κ3) is 3.84. The quantitative estimate of drug-likeness (QED) is 0.351. The molecule has 0 aliphatic carbocycles. The van der Waals surface area contributed by atoms with Crippen molar-refractivity contribution in [2.75, 3.05) is 0 Å². The van der Waals surface area contributed by atoms with Crippen LogP contribution in [0, 0.1) is 0 Å². The number of fused-ring (bicyclic) bond motifs is 2. The Kier molecular flexibility index (Phi) is 5.92. The van der Waals surface area contributed by atoms with Crippen molar-refractivity contribution in [2.24, 2.45) is 0 Å². The molecule has 4 rings (SSSR count). The third-order valence-electron chi connectivity index (χ3n) is 3.85. The van der Waals surface area contributed by atoms with Crippen molar-refractivity contribution < 1.29 is 26.2 Å². The van der Waals surface area contributed by atoms with Crippen LogP contribution in [0.5, 0.6) is 0 Å². The molecular formula is C21H20Zr. The molecule has 0 bridgehead atoms. The van der Waals surface area contributed by atoms with Crippen LogP contribution in [0.1, 0.15) is 25.3 Å². The van der Waals surface area contributed by atoms with Gasteiger partial charge < -0.3 is 0 Å². The standard InChI is InChI=1S/C12H13.C9H7.Zr/c1-9(2)12-7-10-5-3-4-6-11(10)8-12;1-2-5-9-7-3-6-8(9)4-1;/h3-9H,1-2H3;1-7H;/q2*-1;+2. The first kappa shape index (κ1) is 16.9. The van der Waals surface area contributed by atoms with Gasteiger partial charge in [-0.3, -0.25) is 0 Å². The predicted octanol–water partition coefficient (Wildman–Crippen LogP) is 6.24. The van der Waals surface area contributed by atoms with E-state index in [1.807, 2.05) is 0 Å². The first-order valence-corrected chi connectivity index (χ1v) is 7.50. The maximum Gasteiger partial charge on any atom is 2.00 e. The third-order valence-corrected chi connectivity index (χ3v) is 3.85. The minimum Gasteiger partial charge on any atom is -0.168 e. The van der Waals surface area contributed by atoms with Crippen molar-refractivity contribution in [1.29, 1.82) is 0 Å². The zero-order chi connectivity index (χ0) is 14.7. The van der Waals surface area contributed by atoms with Gasteiger partial charge in [0.15, 0.2) is 0 Å². The molecule has 0 nitrogen and oxygen atoms in total. The summed E-state index contributed by atoms with van der Waals surface area (Å²) in [5, 5.41) is 5.39. The van der Waals surface area contributed by atoms with Crippen molar-refractivity contribution in [1.82, 2.24) is 0 Å². The maximum absolute atomic E-state index is 2.28. The fourth-order valence-electron chi connectivity index (χ4n) is 2.58. The molecule has 4 aromatic carbocycles. The second kappa shape index (κ2) is 7.70. The topological polar surface area (TPSA) is 0 Å². The van der Waals surface area contributed by atoms with E-state index in [4.69, 9.17) is 0 Å². The van der Waals surface area contributed by atoms with Crippen molar-refractivity contribution in [2.45, 2.75) is 19.8 Å². The monoisotopic (exact) mass is 362 g/mol. The number of benzene rings is 2. The molecular weight excluding hydrogens is 343 g/mol. The summed E-state index contributed by atoms with van der Waals surface area (Å²) in [6.45, 7) is 4.46. The first-order chi connectivity index (χ1) is 10.2. The summed E-state index contributed by atoms with van der Waals surface area (Å²) in [5.41, 5.74) is 1.44. The van der Waals surface area contributed by atoms with E-state index in [1.165, 1.54) is 27.1 Å². The second-order valence-electron chi connectivity index (χ2n) is 5.73. The van der Waals surface area contributed by atoms with E-state index in [1.54, 1.807) is 0 Å². The van der Waals surface area contributed by atoms with Gasteiger partial charge in [0.1, 0.15) is 0 Å². The Hall–Kier alpha value is -1.46. The number of hydrogen-bond donors (Lipinski definition) is 0. The molecule has 4 aromatic rings. The van der Waals surface area contributed by atoms with Crippen LogP contribution in [-0.4, -0.2) is 0 Å². The Bertz CT molecular complexity index is 770. The summed E-state index contributed by atoms with van der Waals surface area (Å²) >= 11 is 0. The van der Waals surface area contributed by atoms with Crippen LogP contribution in [0.4, 0.5) is 0 Å². The minimum absolute atomic E-state index is 0. The molecule has 0 aliphatic rings. The molecule has 0 spiro atoms. The fraction of sp³-hybridized carbons (Fsp3) is 0.143. The van der Waals surface area contributed by atoms with Crippen LogP contribution >= 0.6 is 0 Å². The Labute approximate surface area is 151 Å². The summed E-state index contributed by atoms with van der Waals surface area (Å²) < 4.78 is 0. The molecule has 0 saturated heterocycles. The molecule has 108 valence electrons. The van der Waals surface area contributed by atoms with E-state index >= 15 is 0 Å². The largest absolute Gasteiger partial charge is 2.00 e. The molecule has 0 fully saturated rings. The minimum atomic E-state index is 0. The van der Waals surface area contributed by atoms with Gasteiger partial charge in [0.2, 0.25) is 0 Å². The average molecular weight is 364 g/mol. The van der Waals surface area contributed by atoms with Gasteiger partial charge in [-0.1, -0.05) is 26.0 Å². The maximum atomic E-state index is 2.28. The SMILES string of the molecule is CC(C)c1cc2ccccc2[cH-]1.[Zr+2].c1ccc2[cH-]ccc2c1. The Balaban J connectivity index is 0.000000159. The van der Waals surface area contributed by atoms with Crippen LogP contribution in [0.2, 0.25) is 0 Å². The van der Waals surface area contributed by atoms with E-state index in [2.05, 4.69) is 92.7 Å². The number of hydrogen-bond acceptors (Lipinski definition) is 0. The zero-order valence-electron chi connectivity index (χ0n) is 13.1. The molecule has 0 atom stereocenters. The molecule has 0 aromatic heterocycles. The van der Waals surface area contributed by atoms with Gasteiger partial charge in [0, 0.05) is 0 Å². The van der Waals surface area contributed by atoms with Crippen LogP contribution < -0.4 is 0 Å². The van der Waals surface area contributed by atoms with Crippen molar-refractivity contribution >= 4 is 21.5 Å². The molecule has 0 saturated carbocycles. The summed E-state index contributed by atoms with van der Waals surface area (Å²) in [5.74, 6) is 0.636. The van der Waals surface area contributed by atoms with E-state index in [0.29, 0.717) is 5.92 Å². The van der Waals surface area contributed by atoms with E-state index in [9.17, 15) is 0 Å². The fourth-order valence-corrected chi connectivity index (χ4v) is 2.58. The summed E-state index contributed by atoms with van der Waals surface area (Å²) in [6, 6.07) is 27.7. The average Bonchev–Trinajstić information content (AvgIpc) is 3.14. The van der Waals surface area contributed by atoms with Crippen molar-refractivity contribution in [3.8, 4) is 0 Å². The smallest absolute Gasteiger partial charge is 0.168 e. The predicted molar refractivity (Wildman–Crippen MR) is 93.2 cm³/mol. The van der Waals surface area contributed by atoms with Gasteiger partial charge in [0.05, 0.1) is 0 Å². The molecule has 0 N–H and O–H groups in total. The van der Waals surface area contributed by atoms with Crippen LogP contribution in [-0.2, 0) is 26.2 Å². The van der Waals surface area contributed by atoms with Crippen molar-refractivity contribution in [3.63, 3.8) is 0 Å².